The molecule has 0 aliphatic heterocycles. The zero-order chi connectivity index (χ0) is 14.8. The van der Waals surface area contributed by atoms with Crippen LogP contribution in [0.3, 0.4) is 0 Å². The number of hydrogen-bond donors (Lipinski definition) is 2. The summed E-state index contributed by atoms with van der Waals surface area (Å²) in [6, 6.07) is 15.1. The first-order valence-corrected chi connectivity index (χ1v) is 6.43. The lowest BCUT2D eigenvalue weighted by atomic mass is 10.1. The van der Waals surface area contributed by atoms with E-state index in [2.05, 4.69) is 0 Å². The first-order valence-electron chi connectivity index (χ1n) is 6.43. The van der Waals surface area contributed by atoms with Gasteiger partial charge in [-0.3, -0.25) is 10.0 Å². The number of nitrogens with zero attached hydrogens (tertiary/aromatic N) is 1. The van der Waals surface area contributed by atoms with Gasteiger partial charge in [-0.2, -0.15) is 0 Å². The van der Waals surface area contributed by atoms with Gasteiger partial charge in [0.15, 0.2) is 0 Å². The molecule has 0 bridgehead atoms. The quantitative estimate of drug-likeness (QED) is 0.573. The van der Waals surface area contributed by atoms with Crippen LogP contribution in [-0.4, -0.2) is 22.8 Å². The number of rotatable bonds is 3. The standard InChI is InChI=1S/C16H14N2O3/c1-21-14-9-12(16(19)17-20)8-13(10-14)18-7-6-11-4-2-3-5-15(11)18/h2-10,20H,1H3,(H,17,19). The maximum atomic E-state index is 11.6. The second-order valence-corrected chi connectivity index (χ2v) is 4.61. The highest BCUT2D eigenvalue weighted by molar-refractivity contribution is 5.94. The molecule has 0 aliphatic rings. The summed E-state index contributed by atoms with van der Waals surface area (Å²) in [5.41, 5.74) is 3.78. The Kier molecular flexibility index (Phi) is 3.33. The van der Waals surface area contributed by atoms with Gasteiger partial charge in [-0.25, -0.2) is 5.48 Å². The Labute approximate surface area is 121 Å². The van der Waals surface area contributed by atoms with Crippen molar-refractivity contribution >= 4 is 16.8 Å². The van der Waals surface area contributed by atoms with Crippen LogP contribution in [-0.2, 0) is 0 Å². The first-order chi connectivity index (χ1) is 10.2. The summed E-state index contributed by atoms with van der Waals surface area (Å²) >= 11 is 0. The van der Waals surface area contributed by atoms with Crippen molar-refractivity contribution in [2.45, 2.75) is 0 Å². The Balaban J connectivity index is 2.19. The van der Waals surface area contributed by atoms with Gasteiger partial charge in [0.25, 0.3) is 5.91 Å². The zero-order valence-corrected chi connectivity index (χ0v) is 11.4. The molecule has 3 rings (SSSR count). The van der Waals surface area contributed by atoms with E-state index in [4.69, 9.17) is 9.94 Å². The van der Waals surface area contributed by atoms with E-state index in [9.17, 15) is 4.79 Å². The van der Waals surface area contributed by atoms with Crippen LogP contribution in [0.25, 0.3) is 16.6 Å². The number of aromatic nitrogens is 1. The number of fused-ring (bicyclic) bond motifs is 1. The van der Waals surface area contributed by atoms with E-state index in [1.807, 2.05) is 47.2 Å². The van der Waals surface area contributed by atoms with Gasteiger partial charge >= 0.3 is 0 Å². The second-order valence-electron chi connectivity index (χ2n) is 4.61. The Morgan fingerprint density at radius 1 is 1.19 bits per heavy atom. The highest BCUT2D eigenvalue weighted by Crippen LogP contribution is 2.25. The minimum absolute atomic E-state index is 0.324. The van der Waals surface area contributed by atoms with Crippen molar-refractivity contribution in [3.63, 3.8) is 0 Å². The Bertz CT molecular complexity index is 808. The number of carbonyl (C=O) groups is 1. The Morgan fingerprint density at radius 3 is 2.76 bits per heavy atom. The zero-order valence-electron chi connectivity index (χ0n) is 11.4. The average Bonchev–Trinajstić information content (AvgIpc) is 2.97. The third-order valence-corrected chi connectivity index (χ3v) is 3.37. The smallest absolute Gasteiger partial charge is 0.274 e. The topological polar surface area (TPSA) is 63.5 Å². The Hall–Kier alpha value is -2.79. The van der Waals surface area contributed by atoms with Crippen molar-refractivity contribution < 1.29 is 14.7 Å². The number of para-hydroxylation sites is 1. The van der Waals surface area contributed by atoms with Gasteiger partial charge in [0.2, 0.25) is 0 Å². The van der Waals surface area contributed by atoms with E-state index in [-0.39, 0.29) is 0 Å². The summed E-state index contributed by atoms with van der Waals surface area (Å²) in [6.45, 7) is 0. The highest BCUT2D eigenvalue weighted by atomic mass is 16.5. The number of ether oxygens (including phenoxy) is 1. The molecular formula is C16H14N2O3. The van der Waals surface area contributed by atoms with Crippen LogP contribution < -0.4 is 10.2 Å². The van der Waals surface area contributed by atoms with E-state index in [1.165, 1.54) is 7.11 Å². The molecule has 3 aromatic rings. The summed E-state index contributed by atoms with van der Waals surface area (Å²) in [6.07, 6.45) is 1.93. The average molecular weight is 282 g/mol. The van der Waals surface area contributed by atoms with Gasteiger partial charge in [0, 0.05) is 17.8 Å². The molecule has 0 spiro atoms. The van der Waals surface area contributed by atoms with Crippen molar-refractivity contribution in [3.05, 3.63) is 60.3 Å². The lowest BCUT2D eigenvalue weighted by Crippen LogP contribution is -2.18. The van der Waals surface area contributed by atoms with Crippen LogP contribution in [0.4, 0.5) is 0 Å². The molecule has 5 heteroatoms. The van der Waals surface area contributed by atoms with Crippen LogP contribution in [0.5, 0.6) is 5.75 Å². The molecular weight excluding hydrogens is 268 g/mol. The van der Waals surface area contributed by atoms with Gasteiger partial charge in [-0.05, 0) is 29.7 Å². The third kappa shape index (κ3) is 2.34. The first kappa shape index (κ1) is 13.2. The van der Waals surface area contributed by atoms with Crippen LogP contribution in [0, 0.1) is 0 Å². The molecule has 1 amide bonds. The number of hydrogen-bond acceptors (Lipinski definition) is 3. The number of carbonyl (C=O) groups excluding carboxylic acids is 1. The lowest BCUT2D eigenvalue weighted by Gasteiger charge is -2.10. The Morgan fingerprint density at radius 2 is 2.00 bits per heavy atom. The van der Waals surface area contributed by atoms with Gasteiger partial charge in [0.1, 0.15) is 5.75 Å². The predicted octanol–water partition coefficient (Wildman–Crippen LogP) is 2.76. The summed E-state index contributed by atoms with van der Waals surface area (Å²) in [7, 11) is 1.54. The minimum atomic E-state index is -0.577. The summed E-state index contributed by atoms with van der Waals surface area (Å²) in [5, 5.41) is 9.90. The fraction of sp³-hybridized carbons (Fsp3) is 0.0625. The monoisotopic (exact) mass is 282 g/mol. The van der Waals surface area contributed by atoms with Crippen molar-refractivity contribution in [3.8, 4) is 11.4 Å². The van der Waals surface area contributed by atoms with Gasteiger partial charge in [-0.15, -0.1) is 0 Å². The van der Waals surface area contributed by atoms with Crippen molar-refractivity contribution in [1.82, 2.24) is 10.0 Å². The van der Waals surface area contributed by atoms with Crippen LogP contribution in [0.15, 0.2) is 54.7 Å². The fourth-order valence-electron chi connectivity index (χ4n) is 2.34. The van der Waals surface area contributed by atoms with E-state index >= 15 is 0 Å². The van der Waals surface area contributed by atoms with Gasteiger partial charge in [-0.1, -0.05) is 18.2 Å². The second kappa shape index (κ2) is 5.30. The molecule has 0 saturated heterocycles. The molecule has 1 aromatic heterocycles. The minimum Gasteiger partial charge on any atom is -0.497 e. The van der Waals surface area contributed by atoms with Crippen molar-refractivity contribution in [2.24, 2.45) is 0 Å². The molecule has 0 fully saturated rings. The van der Waals surface area contributed by atoms with Crippen LogP contribution in [0.1, 0.15) is 10.4 Å². The highest BCUT2D eigenvalue weighted by Gasteiger charge is 2.10. The molecule has 0 aliphatic carbocycles. The SMILES string of the molecule is COc1cc(C(=O)NO)cc(-n2ccc3ccccc32)c1. The van der Waals surface area contributed by atoms with Gasteiger partial charge < -0.3 is 9.30 Å². The number of hydroxylamine groups is 1. The van der Waals surface area contributed by atoms with E-state index in [0.29, 0.717) is 11.3 Å². The molecule has 5 nitrogen and oxygen atoms in total. The van der Waals surface area contributed by atoms with Crippen LogP contribution in [0.2, 0.25) is 0 Å². The molecule has 2 aromatic carbocycles. The lowest BCUT2D eigenvalue weighted by molar-refractivity contribution is 0.0706. The number of benzene rings is 2. The molecule has 21 heavy (non-hydrogen) atoms. The normalized spacial score (nSPS) is 10.6. The third-order valence-electron chi connectivity index (χ3n) is 3.37. The maximum Gasteiger partial charge on any atom is 0.274 e. The molecule has 2 N–H and O–H groups in total. The number of methoxy groups -OCH3 is 1. The summed E-state index contributed by atoms with van der Waals surface area (Å²) < 4.78 is 7.19. The summed E-state index contributed by atoms with van der Waals surface area (Å²) in [5.74, 6) is -0.0320. The van der Waals surface area contributed by atoms with Crippen molar-refractivity contribution in [2.75, 3.05) is 7.11 Å². The molecule has 0 radical (unpaired) electrons. The van der Waals surface area contributed by atoms with Crippen molar-refractivity contribution in [1.29, 1.82) is 0 Å². The number of nitrogens with one attached hydrogen (secondary N) is 1. The molecule has 0 unspecified atom stereocenters. The maximum absolute atomic E-state index is 11.6. The summed E-state index contributed by atoms with van der Waals surface area (Å²) in [4.78, 5) is 11.6. The van der Waals surface area contributed by atoms with E-state index < -0.39 is 5.91 Å². The molecule has 106 valence electrons. The van der Waals surface area contributed by atoms with Crippen LogP contribution >= 0.6 is 0 Å². The number of amides is 1. The molecule has 0 atom stereocenters. The molecule has 1 heterocycles. The fourth-order valence-corrected chi connectivity index (χ4v) is 2.34. The van der Waals surface area contributed by atoms with E-state index in [0.717, 1.165) is 16.6 Å². The van der Waals surface area contributed by atoms with Gasteiger partial charge in [0.05, 0.1) is 18.3 Å². The predicted molar refractivity (Wildman–Crippen MR) is 79.1 cm³/mol. The van der Waals surface area contributed by atoms with E-state index in [1.54, 1.807) is 17.6 Å². The molecule has 0 saturated carbocycles. The largest absolute Gasteiger partial charge is 0.497 e.